The van der Waals surface area contributed by atoms with Gasteiger partial charge in [0.25, 0.3) is 11.8 Å². The number of hydrogen-bond acceptors (Lipinski definition) is 10. The monoisotopic (exact) mass is 938 g/mol. The number of rotatable bonds is 7. The SMILES string of the molecule is Cn1c(-c2cc3cccnc3n2CC(F)(F)F)nc2cc(C(=O)N3CCC4CC(c5ccc6cc(-c7nc8cc(C(=O)N9CCC[C@@H](N)C9)cnc8n7C)n(CC(F)(F)F)c6n5)NC4C3)cnc21. The van der Waals surface area contributed by atoms with Crippen molar-refractivity contribution in [2.24, 2.45) is 25.7 Å². The first-order valence-corrected chi connectivity index (χ1v) is 22.3. The summed E-state index contributed by atoms with van der Waals surface area (Å²) in [7, 11) is 3.32. The van der Waals surface area contributed by atoms with Crippen LogP contribution in [-0.2, 0) is 27.2 Å². The number of aromatic nitrogens is 10. The molecular weight excluding hydrogens is 895 g/mol. The minimum Gasteiger partial charge on any atom is -0.337 e. The molecule has 0 aliphatic carbocycles. The summed E-state index contributed by atoms with van der Waals surface area (Å²) in [6.07, 6.45) is -1.84. The second-order valence-electron chi connectivity index (χ2n) is 18.2. The average molecular weight is 939 g/mol. The van der Waals surface area contributed by atoms with Crippen molar-refractivity contribution in [3.05, 3.63) is 83.9 Å². The maximum atomic E-state index is 14.4. The lowest BCUT2D eigenvalue weighted by Crippen LogP contribution is -2.48. The molecule has 3 saturated heterocycles. The van der Waals surface area contributed by atoms with E-state index in [2.05, 4.69) is 25.3 Å². The maximum absolute atomic E-state index is 14.4. The average Bonchev–Trinajstić information content (AvgIpc) is 4.12. The third-order valence-corrected chi connectivity index (χ3v) is 13.6. The molecule has 68 heavy (non-hydrogen) atoms. The van der Waals surface area contributed by atoms with E-state index in [0.717, 1.165) is 22.0 Å². The number of carbonyl (C=O) groups is 2. The van der Waals surface area contributed by atoms with Gasteiger partial charge < -0.3 is 39.1 Å². The molecule has 0 radical (unpaired) electrons. The minimum absolute atomic E-state index is 0.115. The second kappa shape index (κ2) is 16.1. The Labute approximate surface area is 382 Å². The molecule has 11 rings (SSSR count). The first-order valence-electron chi connectivity index (χ1n) is 22.3. The van der Waals surface area contributed by atoms with E-state index >= 15 is 0 Å². The molecule has 2 amide bonds. The van der Waals surface area contributed by atoms with Gasteiger partial charge in [0.15, 0.2) is 22.9 Å². The fourth-order valence-corrected chi connectivity index (χ4v) is 10.4. The number of imidazole rings is 2. The third-order valence-electron chi connectivity index (χ3n) is 13.6. The van der Waals surface area contributed by atoms with Crippen LogP contribution in [0.2, 0.25) is 0 Å². The number of aryl methyl sites for hydroxylation is 2. The molecule has 0 aromatic carbocycles. The predicted molar refractivity (Wildman–Crippen MR) is 238 cm³/mol. The van der Waals surface area contributed by atoms with E-state index in [-0.39, 0.29) is 75.8 Å². The lowest BCUT2D eigenvalue weighted by molar-refractivity contribution is -0.140. The highest BCUT2D eigenvalue weighted by atomic mass is 19.4. The maximum Gasteiger partial charge on any atom is 0.406 e. The largest absolute Gasteiger partial charge is 0.406 e. The molecule has 0 saturated carbocycles. The van der Waals surface area contributed by atoms with Crippen molar-refractivity contribution in [3.8, 4) is 23.0 Å². The summed E-state index contributed by atoms with van der Waals surface area (Å²) < 4.78 is 89.7. The number of amides is 2. The zero-order valence-electron chi connectivity index (χ0n) is 36.8. The molecule has 0 bridgehead atoms. The second-order valence-corrected chi connectivity index (χ2v) is 18.2. The number of nitrogens with two attached hydrogens (primary N) is 1. The standard InChI is InChI=1S/C46H44F6N14O2/c1-61-39-33(59-41(61)35-16-25-5-3-10-54-37(25)65(35)22-45(47,48)49)15-28(19-56-39)44(68)64-12-9-24-13-31(57-34(24)21-64)30-8-7-26-17-36(66(38(26)58-30)23-46(50,51)52)42-60-32-14-27(18-55-40(32)62(42)2)43(67)63-11-4-6-29(53)20-63/h3,5,7-8,10,14-19,24,29,31,34,57H,4,6,9,11-13,20-23,53H2,1-2H3/t24?,29-,31?,34?/m1/s1. The Morgan fingerprint density at radius 2 is 1.29 bits per heavy atom. The molecule has 8 aromatic rings. The number of piperidine rings is 2. The van der Waals surface area contributed by atoms with E-state index in [0.29, 0.717) is 83.4 Å². The number of nitrogens with one attached hydrogen (secondary N) is 1. The van der Waals surface area contributed by atoms with E-state index < -0.39 is 25.4 Å². The zero-order chi connectivity index (χ0) is 47.4. The van der Waals surface area contributed by atoms with Crippen molar-refractivity contribution in [2.45, 2.75) is 69.3 Å². The lowest BCUT2D eigenvalue weighted by atomic mass is 9.90. The van der Waals surface area contributed by atoms with Gasteiger partial charge in [0.1, 0.15) is 35.4 Å². The van der Waals surface area contributed by atoms with Crippen LogP contribution in [0, 0.1) is 5.92 Å². The summed E-state index contributed by atoms with van der Waals surface area (Å²) in [5.41, 5.74) is 9.46. The third kappa shape index (κ3) is 7.77. The molecule has 0 spiro atoms. The van der Waals surface area contributed by atoms with Gasteiger partial charge in [-0.3, -0.25) is 9.59 Å². The first-order chi connectivity index (χ1) is 32.5. The van der Waals surface area contributed by atoms with Crippen LogP contribution in [-0.4, -0.2) is 120 Å². The van der Waals surface area contributed by atoms with Crippen LogP contribution < -0.4 is 11.1 Å². The van der Waals surface area contributed by atoms with Crippen molar-refractivity contribution in [2.75, 3.05) is 26.2 Å². The number of halogens is 6. The van der Waals surface area contributed by atoms with Gasteiger partial charge in [-0.2, -0.15) is 26.3 Å². The van der Waals surface area contributed by atoms with Crippen LogP contribution in [0.1, 0.15) is 58.1 Å². The van der Waals surface area contributed by atoms with Gasteiger partial charge >= 0.3 is 12.4 Å². The number of pyridine rings is 4. The van der Waals surface area contributed by atoms with E-state index in [1.54, 1.807) is 75.5 Å². The Hall–Kier alpha value is -6.94. The Morgan fingerprint density at radius 1 is 0.706 bits per heavy atom. The van der Waals surface area contributed by atoms with Crippen molar-refractivity contribution < 1.29 is 35.9 Å². The van der Waals surface area contributed by atoms with Crippen LogP contribution >= 0.6 is 0 Å². The molecule has 16 nitrogen and oxygen atoms in total. The highest BCUT2D eigenvalue weighted by molar-refractivity contribution is 5.98. The van der Waals surface area contributed by atoms with Gasteiger partial charge in [-0.15, -0.1) is 0 Å². The summed E-state index contributed by atoms with van der Waals surface area (Å²) in [6.45, 7) is -0.790. The number of carbonyl (C=O) groups excluding carboxylic acids is 2. The molecule has 22 heteroatoms. The summed E-state index contributed by atoms with van der Waals surface area (Å²) in [5, 5.41) is 4.62. The summed E-state index contributed by atoms with van der Waals surface area (Å²) in [4.78, 5) is 58.3. The zero-order valence-corrected chi connectivity index (χ0v) is 36.8. The molecule has 3 aliphatic heterocycles. The van der Waals surface area contributed by atoms with Crippen LogP contribution in [0.25, 0.3) is 67.4 Å². The van der Waals surface area contributed by atoms with Gasteiger partial charge in [-0.1, -0.05) is 0 Å². The van der Waals surface area contributed by atoms with Gasteiger partial charge in [0, 0.05) is 81.7 Å². The molecule has 11 heterocycles. The highest BCUT2D eigenvalue weighted by Crippen LogP contribution is 2.39. The number of likely N-dealkylation sites (tertiary alicyclic amines) is 2. The first kappa shape index (κ1) is 43.6. The number of alkyl halides is 6. The van der Waals surface area contributed by atoms with Gasteiger partial charge in [0.05, 0.1) is 34.3 Å². The van der Waals surface area contributed by atoms with E-state index in [4.69, 9.17) is 15.7 Å². The fourth-order valence-electron chi connectivity index (χ4n) is 10.4. The topological polar surface area (TPSA) is 176 Å². The predicted octanol–water partition coefficient (Wildman–Crippen LogP) is 6.54. The van der Waals surface area contributed by atoms with Crippen molar-refractivity contribution in [1.82, 2.24) is 63.3 Å². The number of hydrogen-bond donors (Lipinski definition) is 2. The summed E-state index contributed by atoms with van der Waals surface area (Å²) in [6, 6.07) is 12.8. The van der Waals surface area contributed by atoms with E-state index in [1.807, 2.05) is 6.07 Å². The van der Waals surface area contributed by atoms with Crippen LogP contribution in [0.4, 0.5) is 26.3 Å². The van der Waals surface area contributed by atoms with Gasteiger partial charge in [-0.05, 0) is 80.1 Å². The molecule has 3 unspecified atom stereocenters. The molecule has 3 fully saturated rings. The summed E-state index contributed by atoms with van der Waals surface area (Å²) in [5.74, 6) is 0.115. The Bertz CT molecular complexity index is 3310. The van der Waals surface area contributed by atoms with Crippen LogP contribution in [0.15, 0.2) is 67.1 Å². The highest BCUT2D eigenvalue weighted by Gasteiger charge is 2.41. The van der Waals surface area contributed by atoms with Crippen LogP contribution in [0.5, 0.6) is 0 Å². The lowest BCUT2D eigenvalue weighted by Gasteiger charge is -2.34. The van der Waals surface area contributed by atoms with Crippen molar-refractivity contribution in [3.63, 3.8) is 0 Å². The quantitative estimate of drug-likeness (QED) is 0.167. The molecule has 8 aromatic heterocycles. The van der Waals surface area contributed by atoms with E-state index in [1.165, 1.54) is 18.6 Å². The molecular formula is C46H44F6N14O2. The molecule has 4 atom stereocenters. The fraction of sp³-hybridized carbons (Fsp3) is 0.391. The molecule has 3 aliphatic rings. The minimum atomic E-state index is -4.60. The van der Waals surface area contributed by atoms with Crippen LogP contribution in [0.3, 0.4) is 0 Å². The smallest absolute Gasteiger partial charge is 0.337 e. The normalized spacial score (nSPS) is 20.4. The Balaban J connectivity index is 0.834. The van der Waals surface area contributed by atoms with Gasteiger partial charge in [0.2, 0.25) is 0 Å². The molecule has 352 valence electrons. The number of nitrogens with zero attached hydrogens (tertiary/aromatic N) is 12. The van der Waals surface area contributed by atoms with Crippen molar-refractivity contribution >= 4 is 56.2 Å². The van der Waals surface area contributed by atoms with E-state index in [9.17, 15) is 35.9 Å². The number of fused-ring (bicyclic) bond motifs is 5. The van der Waals surface area contributed by atoms with Gasteiger partial charge in [-0.25, -0.2) is 29.9 Å². The Morgan fingerprint density at radius 3 is 1.90 bits per heavy atom. The summed E-state index contributed by atoms with van der Waals surface area (Å²) >= 11 is 0. The van der Waals surface area contributed by atoms with Crippen molar-refractivity contribution in [1.29, 1.82) is 0 Å². The molecule has 3 N–H and O–H groups in total. The Kier molecular flexibility index (Phi) is 10.3.